The van der Waals surface area contributed by atoms with Gasteiger partial charge in [-0.15, -0.1) is 0 Å². The lowest BCUT2D eigenvalue weighted by molar-refractivity contribution is 0.590. The lowest BCUT2D eigenvalue weighted by atomic mass is 9.86. The molecule has 0 aliphatic heterocycles. The molecule has 0 spiro atoms. The zero-order chi connectivity index (χ0) is 9.19. The molecule has 0 aliphatic carbocycles. The Morgan fingerprint density at radius 2 is 1.58 bits per heavy atom. The molecular weight excluding hydrogens is 144 g/mol. The minimum absolute atomic E-state index is 0.264. The topological polar surface area (TPSA) is 0 Å². The van der Waals surface area contributed by atoms with Gasteiger partial charge in [-0.25, -0.2) is 0 Å². The van der Waals surface area contributed by atoms with Crippen molar-refractivity contribution in [3.63, 3.8) is 0 Å². The van der Waals surface area contributed by atoms with E-state index in [1.54, 1.807) is 0 Å². The van der Waals surface area contributed by atoms with Crippen LogP contribution in [-0.2, 0) is 11.8 Å². The van der Waals surface area contributed by atoms with Crippen molar-refractivity contribution < 1.29 is 0 Å². The predicted octanol–water partition coefficient (Wildman–Crippen LogP) is 3.36. The molecule has 0 bridgehead atoms. The maximum Gasteiger partial charge on any atom is -0.0132 e. The summed E-state index contributed by atoms with van der Waals surface area (Å²) in [6.45, 7) is 10.5. The molecule has 0 saturated carbocycles. The van der Waals surface area contributed by atoms with Crippen molar-refractivity contribution in [3.8, 4) is 0 Å². The molecule has 0 fully saturated rings. The van der Waals surface area contributed by atoms with E-state index in [1.165, 1.54) is 11.1 Å². The van der Waals surface area contributed by atoms with Crippen LogP contribution in [0.2, 0.25) is 0 Å². The largest absolute Gasteiger partial charge is 0.0588 e. The normalized spacial score (nSPS) is 11.7. The highest BCUT2D eigenvalue weighted by molar-refractivity contribution is 5.27. The maximum absolute atomic E-state index is 3.85. The highest BCUT2D eigenvalue weighted by Crippen LogP contribution is 2.22. The average molecular weight is 161 g/mol. The first-order valence-electron chi connectivity index (χ1n) is 4.42. The third-order valence-electron chi connectivity index (χ3n) is 2.11. The van der Waals surface area contributed by atoms with Crippen LogP contribution in [0.4, 0.5) is 0 Å². The van der Waals surface area contributed by atoms with E-state index in [0.717, 1.165) is 6.42 Å². The van der Waals surface area contributed by atoms with Crippen molar-refractivity contribution in [3.05, 3.63) is 42.3 Å². The molecule has 0 unspecified atom stereocenters. The highest BCUT2D eigenvalue weighted by Gasteiger charge is 2.12. The second-order valence-corrected chi connectivity index (χ2v) is 4.20. The lowest BCUT2D eigenvalue weighted by Gasteiger charge is -2.18. The standard InChI is InChI=1S/C12H17/c1-5-10-6-8-11(9-7-10)12(2,3)4/h6-9H,1,5H2,2-4H3. The summed E-state index contributed by atoms with van der Waals surface area (Å²) in [6, 6.07) is 8.71. The van der Waals surface area contributed by atoms with Gasteiger partial charge in [0.15, 0.2) is 0 Å². The molecule has 0 heteroatoms. The van der Waals surface area contributed by atoms with Crippen molar-refractivity contribution in [2.75, 3.05) is 0 Å². The van der Waals surface area contributed by atoms with Crippen LogP contribution in [0.3, 0.4) is 0 Å². The third-order valence-corrected chi connectivity index (χ3v) is 2.11. The van der Waals surface area contributed by atoms with E-state index >= 15 is 0 Å². The fourth-order valence-corrected chi connectivity index (χ4v) is 1.17. The van der Waals surface area contributed by atoms with Crippen LogP contribution in [0.1, 0.15) is 31.9 Å². The van der Waals surface area contributed by atoms with Crippen molar-refractivity contribution in [2.24, 2.45) is 0 Å². The summed E-state index contributed by atoms with van der Waals surface area (Å²) in [5.41, 5.74) is 2.96. The van der Waals surface area contributed by atoms with Crippen molar-refractivity contribution in [1.29, 1.82) is 0 Å². The van der Waals surface area contributed by atoms with Gasteiger partial charge >= 0.3 is 0 Å². The van der Waals surface area contributed by atoms with E-state index in [4.69, 9.17) is 0 Å². The van der Waals surface area contributed by atoms with Crippen molar-refractivity contribution in [1.82, 2.24) is 0 Å². The fourth-order valence-electron chi connectivity index (χ4n) is 1.17. The second kappa shape index (κ2) is 3.30. The summed E-state index contributed by atoms with van der Waals surface area (Å²) in [7, 11) is 0. The lowest BCUT2D eigenvalue weighted by Crippen LogP contribution is -2.10. The first-order chi connectivity index (χ1) is 5.54. The average Bonchev–Trinajstić information content (AvgIpc) is 2.03. The first-order valence-corrected chi connectivity index (χ1v) is 4.42. The summed E-state index contributed by atoms with van der Waals surface area (Å²) in [5, 5.41) is 0. The van der Waals surface area contributed by atoms with E-state index in [1.807, 2.05) is 0 Å². The molecule has 1 aromatic carbocycles. The van der Waals surface area contributed by atoms with Gasteiger partial charge in [0.2, 0.25) is 0 Å². The van der Waals surface area contributed by atoms with Crippen LogP contribution in [0.25, 0.3) is 0 Å². The van der Waals surface area contributed by atoms with Gasteiger partial charge in [-0.05, 0) is 29.9 Å². The Labute approximate surface area is 75.6 Å². The Kier molecular flexibility index (Phi) is 2.56. The zero-order valence-electron chi connectivity index (χ0n) is 8.22. The van der Waals surface area contributed by atoms with Crippen molar-refractivity contribution in [2.45, 2.75) is 32.6 Å². The van der Waals surface area contributed by atoms with E-state index in [-0.39, 0.29) is 5.41 Å². The predicted molar refractivity (Wildman–Crippen MR) is 54.2 cm³/mol. The van der Waals surface area contributed by atoms with Gasteiger partial charge in [0.05, 0.1) is 0 Å². The van der Waals surface area contributed by atoms with Crippen LogP contribution in [0.5, 0.6) is 0 Å². The van der Waals surface area contributed by atoms with Crippen molar-refractivity contribution >= 4 is 0 Å². The van der Waals surface area contributed by atoms with Gasteiger partial charge in [0, 0.05) is 0 Å². The molecule has 1 rings (SSSR count). The number of rotatable bonds is 1. The molecule has 1 radical (unpaired) electrons. The second-order valence-electron chi connectivity index (χ2n) is 4.20. The molecule has 0 aliphatic rings. The fraction of sp³-hybridized carbons (Fsp3) is 0.417. The molecule has 0 saturated heterocycles. The molecule has 0 aromatic heterocycles. The molecule has 1 aromatic rings. The number of benzene rings is 1. The Bertz CT molecular complexity index is 236. The molecule has 0 amide bonds. The Morgan fingerprint density at radius 1 is 1.08 bits per heavy atom. The molecular formula is C12H17. The van der Waals surface area contributed by atoms with Gasteiger partial charge in [0.1, 0.15) is 0 Å². The van der Waals surface area contributed by atoms with Gasteiger partial charge in [0.25, 0.3) is 0 Å². The number of hydrogen-bond acceptors (Lipinski definition) is 0. The van der Waals surface area contributed by atoms with E-state index < -0.39 is 0 Å². The SMILES string of the molecule is [CH2]Cc1ccc(C(C)(C)C)cc1. The minimum Gasteiger partial charge on any atom is -0.0588 e. The van der Waals surface area contributed by atoms with Gasteiger partial charge in [-0.2, -0.15) is 0 Å². The molecule has 0 N–H and O–H groups in total. The van der Waals surface area contributed by atoms with E-state index in [0.29, 0.717) is 0 Å². The Morgan fingerprint density at radius 3 is 1.92 bits per heavy atom. The van der Waals surface area contributed by atoms with Crippen LogP contribution in [0, 0.1) is 6.92 Å². The minimum atomic E-state index is 0.264. The maximum atomic E-state index is 3.85. The third kappa shape index (κ3) is 2.10. The molecule has 12 heavy (non-hydrogen) atoms. The summed E-state index contributed by atoms with van der Waals surface area (Å²) in [4.78, 5) is 0. The Balaban J connectivity index is 2.93. The van der Waals surface area contributed by atoms with Gasteiger partial charge in [-0.3, -0.25) is 0 Å². The summed E-state index contributed by atoms with van der Waals surface area (Å²) in [6.07, 6.45) is 0.879. The van der Waals surface area contributed by atoms with Crippen LogP contribution in [0.15, 0.2) is 24.3 Å². The molecule has 0 heterocycles. The molecule has 65 valence electrons. The van der Waals surface area contributed by atoms with Gasteiger partial charge < -0.3 is 0 Å². The van der Waals surface area contributed by atoms with E-state index in [2.05, 4.69) is 52.0 Å². The smallest absolute Gasteiger partial charge is 0.0132 e. The highest BCUT2D eigenvalue weighted by atomic mass is 14.2. The summed E-state index contributed by atoms with van der Waals surface area (Å²) < 4.78 is 0. The van der Waals surface area contributed by atoms with Crippen LogP contribution in [-0.4, -0.2) is 0 Å². The monoisotopic (exact) mass is 161 g/mol. The number of hydrogen-bond donors (Lipinski definition) is 0. The van der Waals surface area contributed by atoms with Crippen LogP contribution >= 0.6 is 0 Å². The molecule has 0 nitrogen and oxygen atoms in total. The summed E-state index contributed by atoms with van der Waals surface area (Å²) >= 11 is 0. The van der Waals surface area contributed by atoms with Crippen LogP contribution < -0.4 is 0 Å². The van der Waals surface area contributed by atoms with Gasteiger partial charge in [-0.1, -0.05) is 45.0 Å². The summed E-state index contributed by atoms with van der Waals surface area (Å²) in [5.74, 6) is 0. The zero-order valence-corrected chi connectivity index (χ0v) is 8.22. The molecule has 0 atom stereocenters. The Hall–Kier alpha value is -0.780. The quantitative estimate of drug-likeness (QED) is 0.592. The van der Waals surface area contributed by atoms with E-state index in [9.17, 15) is 0 Å². The first kappa shape index (κ1) is 9.31.